The zero-order chi connectivity index (χ0) is 12.3. The Kier molecular flexibility index (Phi) is 4.64. The lowest BCUT2D eigenvalue weighted by Crippen LogP contribution is -2.31. The Labute approximate surface area is 112 Å². The summed E-state index contributed by atoms with van der Waals surface area (Å²) in [5.41, 5.74) is -0.482. The van der Waals surface area contributed by atoms with E-state index in [1.54, 1.807) is 6.07 Å². The highest BCUT2D eigenvalue weighted by Gasteiger charge is 2.16. The molecule has 0 bridgehead atoms. The van der Waals surface area contributed by atoms with Crippen LogP contribution >= 0.6 is 38.9 Å². The van der Waals surface area contributed by atoms with Crippen LogP contribution in [0, 0.1) is 0 Å². The topological polar surface area (TPSA) is 38.3 Å². The van der Waals surface area contributed by atoms with Crippen LogP contribution in [0.3, 0.4) is 0 Å². The summed E-state index contributed by atoms with van der Waals surface area (Å²) >= 11 is 10.8. The maximum Gasteiger partial charge on any atom is 0.407 e. The minimum Gasteiger partial charge on any atom is -0.444 e. The van der Waals surface area contributed by atoms with Gasteiger partial charge in [-0.05, 0) is 42.8 Å². The lowest BCUT2D eigenvalue weighted by molar-refractivity contribution is 0.0524. The van der Waals surface area contributed by atoms with Gasteiger partial charge in [-0.25, -0.2) is 4.79 Å². The van der Waals surface area contributed by atoms with Gasteiger partial charge in [0.2, 0.25) is 0 Å². The third-order valence-corrected chi connectivity index (χ3v) is 3.61. The second kappa shape index (κ2) is 5.38. The predicted molar refractivity (Wildman–Crippen MR) is 70.1 cm³/mol. The maximum atomic E-state index is 11.4. The van der Waals surface area contributed by atoms with Gasteiger partial charge in [-0.2, -0.15) is 0 Å². The molecule has 1 heterocycles. The van der Waals surface area contributed by atoms with Gasteiger partial charge in [0.25, 0.3) is 0 Å². The zero-order valence-electron chi connectivity index (χ0n) is 9.27. The number of alkyl carbamates (subject to hydrolysis) is 1. The summed E-state index contributed by atoms with van der Waals surface area (Å²) in [6.07, 6.45) is -0.437. The molecule has 0 saturated carbocycles. The van der Waals surface area contributed by atoms with Gasteiger partial charge in [0, 0.05) is 4.88 Å². The monoisotopic (exact) mass is 325 g/mol. The van der Waals surface area contributed by atoms with E-state index in [0.29, 0.717) is 11.6 Å². The molecule has 0 aliphatic heterocycles. The molecule has 1 aromatic rings. The van der Waals surface area contributed by atoms with Crippen molar-refractivity contribution in [2.75, 3.05) is 0 Å². The second-order valence-electron chi connectivity index (χ2n) is 4.18. The number of carbonyl (C=O) groups is 1. The standard InChI is InChI=1S/C10H13BrClNO2S/c1-10(2,3)15-9(14)13-5-7-6(12)4-8(11)16-7/h4H,5H2,1-3H3,(H,13,14). The van der Waals surface area contributed by atoms with E-state index in [0.717, 1.165) is 8.66 Å². The largest absolute Gasteiger partial charge is 0.444 e. The fourth-order valence-corrected chi connectivity index (χ4v) is 2.98. The highest BCUT2D eigenvalue weighted by Crippen LogP contribution is 2.30. The summed E-state index contributed by atoms with van der Waals surface area (Å²) < 4.78 is 6.05. The van der Waals surface area contributed by atoms with E-state index in [1.807, 2.05) is 20.8 Å². The lowest BCUT2D eigenvalue weighted by Gasteiger charge is -2.19. The van der Waals surface area contributed by atoms with Crippen LogP contribution in [-0.4, -0.2) is 11.7 Å². The molecule has 16 heavy (non-hydrogen) atoms. The SMILES string of the molecule is CC(C)(C)OC(=O)NCc1sc(Br)cc1Cl. The fourth-order valence-electron chi connectivity index (χ4n) is 0.963. The molecule has 0 saturated heterocycles. The first kappa shape index (κ1) is 13.8. The van der Waals surface area contributed by atoms with E-state index in [9.17, 15) is 4.79 Å². The van der Waals surface area contributed by atoms with Crippen molar-refractivity contribution in [1.82, 2.24) is 5.32 Å². The molecule has 0 radical (unpaired) electrons. The predicted octanol–water partition coefficient (Wildman–Crippen LogP) is 4.19. The van der Waals surface area contributed by atoms with Gasteiger partial charge in [0.1, 0.15) is 5.60 Å². The number of carbonyl (C=O) groups excluding carboxylic acids is 1. The Morgan fingerprint density at radius 3 is 2.69 bits per heavy atom. The molecule has 1 N–H and O–H groups in total. The van der Waals surface area contributed by atoms with Gasteiger partial charge >= 0.3 is 6.09 Å². The summed E-state index contributed by atoms with van der Waals surface area (Å²) in [6, 6.07) is 1.80. The zero-order valence-corrected chi connectivity index (χ0v) is 12.4. The van der Waals surface area contributed by atoms with Gasteiger partial charge in [0.05, 0.1) is 15.4 Å². The van der Waals surface area contributed by atoms with E-state index in [1.165, 1.54) is 11.3 Å². The van der Waals surface area contributed by atoms with E-state index < -0.39 is 11.7 Å². The number of thiophene rings is 1. The average molecular weight is 327 g/mol. The van der Waals surface area contributed by atoms with Crippen molar-refractivity contribution < 1.29 is 9.53 Å². The highest BCUT2D eigenvalue weighted by atomic mass is 79.9. The summed E-state index contributed by atoms with van der Waals surface area (Å²) in [5.74, 6) is 0. The molecule has 0 unspecified atom stereocenters. The molecule has 1 rings (SSSR count). The van der Waals surface area contributed by atoms with Gasteiger partial charge in [-0.1, -0.05) is 11.6 Å². The van der Waals surface area contributed by atoms with Crippen LogP contribution in [0.5, 0.6) is 0 Å². The maximum absolute atomic E-state index is 11.4. The first-order valence-corrected chi connectivity index (χ1v) is 6.67. The van der Waals surface area contributed by atoms with Crippen molar-refractivity contribution >= 4 is 45.0 Å². The normalized spacial score (nSPS) is 11.3. The number of halogens is 2. The summed E-state index contributed by atoms with van der Waals surface area (Å²) in [5, 5.41) is 3.30. The van der Waals surface area contributed by atoms with Crippen molar-refractivity contribution in [1.29, 1.82) is 0 Å². The van der Waals surface area contributed by atoms with Crippen molar-refractivity contribution in [3.05, 3.63) is 19.8 Å². The molecule has 0 aliphatic rings. The van der Waals surface area contributed by atoms with E-state index in [-0.39, 0.29) is 0 Å². The van der Waals surface area contributed by atoms with Gasteiger partial charge in [-0.3, -0.25) is 0 Å². The van der Waals surface area contributed by atoms with Crippen LogP contribution in [0.4, 0.5) is 4.79 Å². The van der Waals surface area contributed by atoms with E-state index >= 15 is 0 Å². The van der Waals surface area contributed by atoms with Crippen molar-refractivity contribution in [2.45, 2.75) is 32.9 Å². The minimum atomic E-state index is -0.482. The smallest absolute Gasteiger partial charge is 0.407 e. The Hall–Kier alpha value is -0.260. The van der Waals surface area contributed by atoms with Crippen LogP contribution in [-0.2, 0) is 11.3 Å². The molecule has 6 heteroatoms. The van der Waals surface area contributed by atoms with Crippen molar-refractivity contribution in [2.24, 2.45) is 0 Å². The third kappa shape index (κ3) is 4.72. The summed E-state index contributed by atoms with van der Waals surface area (Å²) in [6.45, 7) is 5.84. The third-order valence-electron chi connectivity index (χ3n) is 1.52. The van der Waals surface area contributed by atoms with Gasteiger partial charge in [-0.15, -0.1) is 11.3 Å². The molecule has 0 aliphatic carbocycles. The first-order chi connectivity index (χ1) is 7.28. The molecule has 0 atom stereocenters. The number of ether oxygens (including phenoxy) is 1. The molecule has 3 nitrogen and oxygen atoms in total. The van der Waals surface area contributed by atoms with Crippen LogP contribution in [0.15, 0.2) is 9.85 Å². The van der Waals surface area contributed by atoms with E-state index in [4.69, 9.17) is 16.3 Å². The van der Waals surface area contributed by atoms with Crippen LogP contribution in [0.2, 0.25) is 5.02 Å². The second-order valence-corrected chi connectivity index (χ2v) is 7.10. The quantitative estimate of drug-likeness (QED) is 0.885. The minimum absolute atomic E-state index is 0.379. The number of hydrogen-bond donors (Lipinski definition) is 1. The Bertz CT molecular complexity index is 387. The Morgan fingerprint density at radius 2 is 2.25 bits per heavy atom. The number of rotatable bonds is 2. The van der Waals surface area contributed by atoms with Gasteiger partial charge < -0.3 is 10.1 Å². The highest BCUT2D eigenvalue weighted by molar-refractivity contribution is 9.11. The molecule has 0 aromatic carbocycles. The molecule has 1 aromatic heterocycles. The molecular formula is C10H13BrClNO2S. The molecular weight excluding hydrogens is 314 g/mol. The average Bonchev–Trinajstić information content (AvgIpc) is 2.38. The summed E-state index contributed by atoms with van der Waals surface area (Å²) in [7, 11) is 0. The Balaban J connectivity index is 2.46. The van der Waals surface area contributed by atoms with Crippen LogP contribution in [0.1, 0.15) is 25.6 Å². The lowest BCUT2D eigenvalue weighted by atomic mass is 10.2. The van der Waals surface area contributed by atoms with Crippen molar-refractivity contribution in [3.63, 3.8) is 0 Å². The van der Waals surface area contributed by atoms with Crippen LogP contribution < -0.4 is 5.32 Å². The molecule has 1 amide bonds. The molecule has 90 valence electrons. The number of hydrogen-bond acceptors (Lipinski definition) is 3. The number of nitrogens with one attached hydrogen (secondary N) is 1. The van der Waals surface area contributed by atoms with Gasteiger partial charge in [0.15, 0.2) is 0 Å². The number of amides is 1. The van der Waals surface area contributed by atoms with Crippen molar-refractivity contribution in [3.8, 4) is 0 Å². The van der Waals surface area contributed by atoms with Crippen LogP contribution in [0.25, 0.3) is 0 Å². The van der Waals surface area contributed by atoms with E-state index in [2.05, 4.69) is 21.2 Å². The summed E-state index contributed by atoms with van der Waals surface area (Å²) in [4.78, 5) is 12.3. The molecule has 0 fully saturated rings. The molecule has 0 spiro atoms. The first-order valence-electron chi connectivity index (χ1n) is 4.68. The Morgan fingerprint density at radius 1 is 1.62 bits per heavy atom. The fraction of sp³-hybridized carbons (Fsp3) is 0.500.